The summed E-state index contributed by atoms with van der Waals surface area (Å²) in [7, 11) is 1.97. The van der Waals surface area contributed by atoms with E-state index in [-0.39, 0.29) is 24.4 Å². The molecule has 1 aromatic carbocycles. The minimum atomic E-state index is -0.219. The summed E-state index contributed by atoms with van der Waals surface area (Å²) < 4.78 is 5.07. The quantitative estimate of drug-likeness (QED) is 0.532. The normalized spacial score (nSPS) is 11.2. The number of hydrogen-bond donors (Lipinski definition) is 1. The first kappa shape index (κ1) is 19.6. The highest BCUT2D eigenvalue weighted by molar-refractivity contribution is 5.89. The predicted octanol–water partition coefficient (Wildman–Crippen LogP) is 1.90. The van der Waals surface area contributed by atoms with E-state index in [4.69, 9.17) is 0 Å². The smallest absolute Gasteiger partial charge is 0.266 e. The standard InChI is InChI=1S/C22H24N6O2/c1-15-12-16(2)28(24-15)20-8-9-22(30)27(25-20)11-10-23-21(29)13-17-14-26(3)19-7-5-4-6-18(17)19/h4-9,12,14H,10-11,13H2,1-3H3,(H,23,29). The van der Waals surface area contributed by atoms with Gasteiger partial charge in [0, 0.05) is 42.5 Å². The Morgan fingerprint density at radius 3 is 2.67 bits per heavy atom. The van der Waals surface area contributed by atoms with Gasteiger partial charge in [0.05, 0.1) is 18.7 Å². The van der Waals surface area contributed by atoms with Gasteiger partial charge in [0.1, 0.15) is 0 Å². The number of fused-ring (bicyclic) bond motifs is 1. The number of aromatic nitrogens is 5. The Bertz CT molecular complexity index is 1280. The molecule has 8 nitrogen and oxygen atoms in total. The van der Waals surface area contributed by atoms with E-state index in [1.54, 1.807) is 10.7 Å². The molecule has 154 valence electrons. The Hall–Kier alpha value is -3.68. The van der Waals surface area contributed by atoms with Crippen molar-refractivity contribution in [1.29, 1.82) is 0 Å². The molecule has 0 saturated heterocycles. The second-order valence-electron chi connectivity index (χ2n) is 7.40. The number of aryl methyl sites for hydroxylation is 3. The molecule has 0 fully saturated rings. The van der Waals surface area contributed by atoms with Crippen molar-refractivity contribution < 1.29 is 4.79 Å². The molecule has 1 N–H and O–H groups in total. The summed E-state index contributed by atoms with van der Waals surface area (Å²) in [5.41, 5.74) is 3.68. The van der Waals surface area contributed by atoms with Gasteiger partial charge in [0.2, 0.25) is 5.91 Å². The van der Waals surface area contributed by atoms with Gasteiger partial charge in [-0.15, -0.1) is 5.10 Å². The summed E-state index contributed by atoms with van der Waals surface area (Å²) in [4.78, 5) is 24.6. The maximum absolute atomic E-state index is 12.4. The third kappa shape index (κ3) is 3.89. The molecule has 4 rings (SSSR count). The Kier molecular flexibility index (Phi) is 5.22. The van der Waals surface area contributed by atoms with Crippen molar-refractivity contribution >= 4 is 16.8 Å². The van der Waals surface area contributed by atoms with Crippen molar-refractivity contribution in [2.45, 2.75) is 26.8 Å². The van der Waals surface area contributed by atoms with Crippen LogP contribution in [0.3, 0.4) is 0 Å². The van der Waals surface area contributed by atoms with Crippen molar-refractivity contribution in [2.24, 2.45) is 7.05 Å². The number of nitrogens with one attached hydrogen (secondary N) is 1. The average molecular weight is 404 g/mol. The van der Waals surface area contributed by atoms with Gasteiger partial charge in [0.25, 0.3) is 5.56 Å². The molecule has 8 heteroatoms. The van der Waals surface area contributed by atoms with Crippen molar-refractivity contribution in [3.8, 4) is 5.82 Å². The van der Waals surface area contributed by atoms with Crippen LogP contribution < -0.4 is 10.9 Å². The lowest BCUT2D eigenvalue weighted by Gasteiger charge is -2.09. The molecule has 0 aliphatic carbocycles. The van der Waals surface area contributed by atoms with Gasteiger partial charge in [-0.05, 0) is 37.6 Å². The molecule has 0 aliphatic rings. The number of carbonyl (C=O) groups excluding carboxylic acids is 1. The minimum absolute atomic E-state index is 0.0888. The zero-order valence-corrected chi connectivity index (χ0v) is 17.3. The fourth-order valence-electron chi connectivity index (χ4n) is 3.68. The number of nitrogens with zero attached hydrogens (tertiary/aromatic N) is 5. The molecule has 3 heterocycles. The Morgan fingerprint density at radius 1 is 1.10 bits per heavy atom. The lowest BCUT2D eigenvalue weighted by molar-refractivity contribution is -0.120. The zero-order valence-electron chi connectivity index (χ0n) is 17.3. The number of hydrogen-bond acceptors (Lipinski definition) is 4. The summed E-state index contributed by atoms with van der Waals surface area (Å²) in [6.07, 6.45) is 2.27. The van der Waals surface area contributed by atoms with Crippen LogP contribution in [0.25, 0.3) is 16.7 Å². The van der Waals surface area contributed by atoms with Gasteiger partial charge in [0.15, 0.2) is 5.82 Å². The van der Waals surface area contributed by atoms with Gasteiger partial charge >= 0.3 is 0 Å². The topological polar surface area (TPSA) is 86.7 Å². The minimum Gasteiger partial charge on any atom is -0.354 e. The van der Waals surface area contributed by atoms with E-state index in [1.807, 2.05) is 62.0 Å². The first-order valence-corrected chi connectivity index (χ1v) is 9.84. The molecule has 0 unspecified atom stereocenters. The zero-order chi connectivity index (χ0) is 21.3. The third-order valence-electron chi connectivity index (χ3n) is 5.06. The fourth-order valence-corrected chi connectivity index (χ4v) is 3.68. The van der Waals surface area contributed by atoms with Crippen molar-refractivity contribution in [2.75, 3.05) is 6.54 Å². The molecule has 0 aliphatic heterocycles. The fraction of sp³-hybridized carbons (Fsp3) is 0.273. The van der Waals surface area contributed by atoms with Crippen molar-refractivity contribution in [3.05, 3.63) is 76.0 Å². The molecule has 1 amide bonds. The Labute approximate surface area is 173 Å². The lowest BCUT2D eigenvalue weighted by atomic mass is 10.1. The molecule has 4 aromatic rings. The van der Waals surface area contributed by atoms with Crippen molar-refractivity contribution in [1.82, 2.24) is 29.4 Å². The second-order valence-corrected chi connectivity index (χ2v) is 7.40. The number of benzene rings is 1. The van der Waals surface area contributed by atoms with E-state index in [1.165, 1.54) is 10.7 Å². The molecule has 0 radical (unpaired) electrons. The van der Waals surface area contributed by atoms with Crippen molar-refractivity contribution in [3.63, 3.8) is 0 Å². The summed E-state index contributed by atoms with van der Waals surface area (Å²) in [5.74, 6) is 0.483. The van der Waals surface area contributed by atoms with Crippen LogP contribution in [0.2, 0.25) is 0 Å². The SMILES string of the molecule is Cc1cc(C)n(-c2ccc(=O)n(CCNC(=O)Cc3cn(C)c4ccccc34)n2)n1. The lowest BCUT2D eigenvalue weighted by Crippen LogP contribution is -2.33. The van der Waals surface area contributed by atoms with E-state index in [0.717, 1.165) is 27.9 Å². The Balaban J connectivity index is 1.41. The summed E-state index contributed by atoms with van der Waals surface area (Å²) in [6, 6.07) is 13.1. The molecule has 0 saturated carbocycles. The molecule has 0 bridgehead atoms. The number of amides is 1. The van der Waals surface area contributed by atoms with Crippen LogP contribution in [0.4, 0.5) is 0 Å². The van der Waals surface area contributed by atoms with Crippen LogP contribution in [-0.4, -0.2) is 36.6 Å². The number of para-hydroxylation sites is 1. The van der Waals surface area contributed by atoms with E-state index < -0.39 is 0 Å². The van der Waals surface area contributed by atoms with E-state index in [9.17, 15) is 9.59 Å². The first-order valence-electron chi connectivity index (χ1n) is 9.84. The van der Waals surface area contributed by atoms with Crippen LogP contribution in [0.1, 0.15) is 17.0 Å². The van der Waals surface area contributed by atoms with Crippen LogP contribution >= 0.6 is 0 Å². The second kappa shape index (κ2) is 7.98. The maximum Gasteiger partial charge on any atom is 0.266 e. The van der Waals surface area contributed by atoms with Crippen LogP contribution in [0, 0.1) is 13.8 Å². The summed E-state index contributed by atoms with van der Waals surface area (Å²) in [5, 5.41) is 12.8. The molecule has 30 heavy (non-hydrogen) atoms. The van der Waals surface area contributed by atoms with Crippen LogP contribution in [-0.2, 0) is 24.8 Å². The van der Waals surface area contributed by atoms with Gasteiger partial charge in [-0.3, -0.25) is 9.59 Å². The highest BCUT2D eigenvalue weighted by Crippen LogP contribution is 2.20. The van der Waals surface area contributed by atoms with E-state index >= 15 is 0 Å². The summed E-state index contributed by atoms with van der Waals surface area (Å²) >= 11 is 0. The predicted molar refractivity (Wildman–Crippen MR) is 115 cm³/mol. The molecule has 0 spiro atoms. The van der Waals surface area contributed by atoms with Gasteiger partial charge < -0.3 is 9.88 Å². The first-order chi connectivity index (χ1) is 14.4. The van der Waals surface area contributed by atoms with Gasteiger partial charge in [-0.2, -0.15) is 5.10 Å². The molecule has 0 atom stereocenters. The molecular weight excluding hydrogens is 380 g/mol. The molecule has 3 aromatic heterocycles. The van der Waals surface area contributed by atoms with Gasteiger partial charge in [-0.25, -0.2) is 9.36 Å². The Morgan fingerprint density at radius 2 is 1.90 bits per heavy atom. The molecular formula is C22H24N6O2. The third-order valence-corrected chi connectivity index (χ3v) is 5.06. The average Bonchev–Trinajstić information content (AvgIpc) is 3.22. The van der Waals surface area contributed by atoms with Crippen LogP contribution in [0.15, 0.2) is 53.5 Å². The van der Waals surface area contributed by atoms with Gasteiger partial charge in [-0.1, -0.05) is 18.2 Å². The van der Waals surface area contributed by atoms with E-state index in [2.05, 4.69) is 15.5 Å². The van der Waals surface area contributed by atoms with E-state index in [0.29, 0.717) is 12.4 Å². The largest absolute Gasteiger partial charge is 0.354 e. The monoisotopic (exact) mass is 404 g/mol. The number of carbonyl (C=O) groups is 1. The highest BCUT2D eigenvalue weighted by Gasteiger charge is 2.11. The number of rotatable bonds is 6. The summed E-state index contributed by atoms with van der Waals surface area (Å²) in [6.45, 7) is 4.44. The maximum atomic E-state index is 12.4. The van der Waals surface area contributed by atoms with Crippen LogP contribution in [0.5, 0.6) is 0 Å². The highest BCUT2D eigenvalue weighted by atomic mass is 16.1.